The highest BCUT2D eigenvalue weighted by Crippen LogP contribution is 2.22. The summed E-state index contributed by atoms with van der Waals surface area (Å²) in [6.07, 6.45) is 1.62. The molecular formula is C16H17BrN4O2S. The summed E-state index contributed by atoms with van der Waals surface area (Å²) in [6.45, 7) is 3.76. The molecule has 0 aliphatic heterocycles. The average Bonchev–Trinajstić information content (AvgIpc) is 3.16. The minimum Gasteiger partial charge on any atom is -0.383 e. The molecule has 0 saturated heterocycles. The van der Waals surface area contributed by atoms with Gasteiger partial charge in [0.2, 0.25) is 0 Å². The first-order valence-electron chi connectivity index (χ1n) is 7.52. The molecule has 1 amide bonds. The van der Waals surface area contributed by atoms with Crippen molar-refractivity contribution in [3.63, 3.8) is 0 Å². The Morgan fingerprint density at radius 2 is 2.25 bits per heavy atom. The first-order valence-corrected chi connectivity index (χ1v) is 9.13. The molecule has 0 unspecified atom stereocenters. The van der Waals surface area contributed by atoms with E-state index in [-0.39, 0.29) is 5.91 Å². The van der Waals surface area contributed by atoms with Gasteiger partial charge in [-0.05, 0) is 31.2 Å². The molecule has 0 aliphatic carbocycles. The maximum Gasteiger partial charge on any atom is 0.297 e. The van der Waals surface area contributed by atoms with Crippen molar-refractivity contribution in [1.29, 1.82) is 0 Å². The molecule has 126 valence electrons. The number of amides is 1. The largest absolute Gasteiger partial charge is 0.383 e. The van der Waals surface area contributed by atoms with E-state index in [1.807, 2.05) is 29.7 Å². The highest BCUT2D eigenvalue weighted by molar-refractivity contribution is 9.10. The Labute approximate surface area is 151 Å². The molecule has 0 bridgehead atoms. The van der Waals surface area contributed by atoms with Gasteiger partial charge in [0, 0.05) is 30.9 Å². The zero-order chi connectivity index (χ0) is 17.1. The number of ether oxygens (including phenoxy) is 1. The van der Waals surface area contributed by atoms with E-state index in [2.05, 4.69) is 26.0 Å². The zero-order valence-corrected chi connectivity index (χ0v) is 15.8. The number of fused-ring (bicyclic) bond motifs is 1. The quantitative estimate of drug-likeness (QED) is 0.651. The number of nitrogens with zero attached hydrogens (tertiary/aromatic N) is 4. The third-order valence-corrected chi connectivity index (χ3v) is 5.13. The van der Waals surface area contributed by atoms with Crippen LogP contribution in [0, 0.1) is 0 Å². The van der Waals surface area contributed by atoms with Crippen LogP contribution in [0.1, 0.15) is 17.4 Å². The van der Waals surface area contributed by atoms with Gasteiger partial charge in [0.25, 0.3) is 5.91 Å². The van der Waals surface area contributed by atoms with Crippen LogP contribution in [0.5, 0.6) is 0 Å². The van der Waals surface area contributed by atoms with Gasteiger partial charge in [-0.2, -0.15) is 10.1 Å². The third kappa shape index (κ3) is 3.35. The van der Waals surface area contributed by atoms with Crippen molar-refractivity contribution < 1.29 is 9.53 Å². The van der Waals surface area contributed by atoms with Crippen LogP contribution in [-0.4, -0.2) is 34.0 Å². The van der Waals surface area contributed by atoms with Gasteiger partial charge in [-0.3, -0.25) is 9.48 Å². The van der Waals surface area contributed by atoms with Gasteiger partial charge in [-0.1, -0.05) is 27.3 Å². The number of aryl methyl sites for hydroxylation is 1. The Morgan fingerprint density at radius 1 is 1.42 bits per heavy atom. The zero-order valence-electron chi connectivity index (χ0n) is 13.4. The molecule has 8 heteroatoms. The highest BCUT2D eigenvalue weighted by atomic mass is 79.9. The second kappa shape index (κ2) is 7.42. The van der Waals surface area contributed by atoms with E-state index in [0.717, 1.165) is 14.7 Å². The van der Waals surface area contributed by atoms with Gasteiger partial charge in [-0.25, -0.2) is 0 Å². The van der Waals surface area contributed by atoms with Crippen molar-refractivity contribution in [2.45, 2.75) is 20.0 Å². The van der Waals surface area contributed by atoms with Gasteiger partial charge in [0.05, 0.1) is 16.8 Å². The molecule has 0 spiro atoms. The minimum absolute atomic E-state index is 0.286. The van der Waals surface area contributed by atoms with Crippen LogP contribution in [-0.2, 0) is 17.8 Å². The number of aromatic nitrogens is 3. The maximum absolute atomic E-state index is 12.6. The summed E-state index contributed by atoms with van der Waals surface area (Å²) in [5, 5.41) is 4.13. The lowest BCUT2D eigenvalue weighted by molar-refractivity contribution is 0.0987. The van der Waals surface area contributed by atoms with Crippen molar-refractivity contribution in [3.05, 3.63) is 45.4 Å². The van der Waals surface area contributed by atoms with E-state index in [1.165, 1.54) is 11.3 Å². The molecule has 0 saturated carbocycles. The average molecular weight is 409 g/mol. The van der Waals surface area contributed by atoms with Crippen LogP contribution in [0.4, 0.5) is 0 Å². The van der Waals surface area contributed by atoms with Crippen LogP contribution >= 0.6 is 27.3 Å². The molecule has 0 radical (unpaired) electrons. The van der Waals surface area contributed by atoms with Crippen molar-refractivity contribution in [2.24, 2.45) is 4.99 Å². The van der Waals surface area contributed by atoms with Crippen molar-refractivity contribution in [1.82, 2.24) is 14.3 Å². The summed E-state index contributed by atoms with van der Waals surface area (Å²) >= 11 is 4.97. The molecule has 0 fully saturated rings. The molecule has 6 nitrogen and oxygen atoms in total. The predicted octanol–water partition coefficient (Wildman–Crippen LogP) is 3.07. The summed E-state index contributed by atoms with van der Waals surface area (Å²) in [5.41, 5.74) is 1.53. The summed E-state index contributed by atoms with van der Waals surface area (Å²) in [5.74, 6) is -0.286. The fourth-order valence-corrected chi connectivity index (χ4v) is 4.05. The number of carbonyl (C=O) groups excluding carboxylic acids is 1. The number of thiazole rings is 1. The molecule has 3 aromatic rings. The van der Waals surface area contributed by atoms with Gasteiger partial charge >= 0.3 is 0 Å². The Morgan fingerprint density at radius 3 is 3.00 bits per heavy atom. The van der Waals surface area contributed by atoms with Crippen molar-refractivity contribution in [2.75, 3.05) is 13.7 Å². The highest BCUT2D eigenvalue weighted by Gasteiger charge is 2.12. The summed E-state index contributed by atoms with van der Waals surface area (Å²) in [7, 11) is 1.66. The van der Waals surface area contributed by atoms with Crippen molar-refractivity contribution in [3.8, 4) is 0 Å². The summed E-state index contributed by atoms with van der Waals surface area (Å²) in [6, 6.07) is 7.73. The van der Waals surface area contributed by atoms with E-state index in [0.29, 0.717) is 30.2 Å². The minimum atomic E-state index is -0.286. The topological polar surface area (TPSA) is 61.4 Å². The fourth-order valence-electron chi connectivity index (χ4n) is 2.44. The Hall–Kier alpha value is -1.77. The van der Waals surface area contributed by atoms with E-state index in [9.17, 15) is 4.79 Å². The van der Waals surface area contributed by atoms with Crippen molar-refractivity contribution >= 4 is 43.4 Å². The Kier molecular flexibility index (Phi) is 5.27. The SMILES string of the molecule is CCn1nccc1C(=O)N=c1sc2cc(Br)ccc2n1CCOC. The second-order valence-corrected chi connectivity index (χ2v) is 7.02. The molecule has 0 atom stereocenters. The number of methoxy groups -OCH3 is 1. The third-order valence-electron chi connectivity index (χ3n) is 3.60. The second-order valence-electron chi connectivity index (χ2n) is 5.09. The normalized spacial score (nSPS) is 12.2. The molecule has 0 N–H and O–H groups in total. The molecule has 0 aliphatic rings. The first kappa shape index (κ1) is 17.1. The van der Waals surface area contributed by atoms with E-state index >= 15 is 0 Å². The molecule has 24 heavy (non-hydrogen) atoms. The summed E-state index contributed by atoms with van der Waals surface area (Å²) in [4.78, 5) is 17.6. The monoisotopic (exact) mass is 408 g/mol. The molecule has 1 aromatic carbocycles. The van der Waals surface area contributed by atoms with Gasteiger partial charge < -0.3 is 9.30 Å². The van der Waals surface area contributed by atoms with Gasteiger partial charge in [-0.15, -0.1) is 0 Å². The maximum atomic E-state index is 12.6. The van der Waals surface area contributed by atoms with E-state index in [4.69, 9.17) is 4.74 Å². The number of benzene rings is 1. The molecular weight excluding hydrogens is 392 g/mol. The van der Waals surface area contributed by atoms with Gasteiger partial charge in [0.15, 0.2) is 4.80 Å². The van der Waals surface area contributed by atoms with Crippen LogP contribution in [0.3, 0.4) is 0 Å². The Balaban J connectivity index is 2.11. The predicted molar refractivity (Wildman–Crippen MR) is 97.2 cm³/mol. The van der Waals surface area contributed by atoms with Crippen LogP contribution in [0.25, 0.3) is 10.2 Å². The number of hydrogen-bond donors (Lipinski definition) is 0. The van der Waals surface area contributed by atoms with Crippen LogP contribution in [0.2, 0.25) is 0 Å². The molecule has 3 rings (SSSR count). The molecule has 2 heterocycles. The molecule has 2 aromatic heterocycles. The lowest BCUT2D eigenvalue weighted by Gasteiger charge is -2.04. The van der Waals surface area contributed by atoms with Gasteiger partial charge in [0.1, 0.15) is 5.69 Å². The number of halogens is 1. The lowest BCUT2D eigenvalue weighted by atomic mass is 10.3. The van der Waals surface area contributed by atoms with Crippen LogP contribution in [0.15, 0.2) is 39.9 Å². The Bertz CT molecular complexity index is 941. The lowest BCUT2D eigenvalue weighted by Crippen LogP contribution is -2.20. The summed E-state index contributed by atoms with van der Waals surface area (Å²) < 4.78 is 10.9. The van der Waals surface area contributed by atoms with E-state index < -0.39 is 0 Å². The van der Waals surface area contributed by atoms with Crippen LogP contribution < -0.4 is 4.80 Å². The fraction of sp³-hybridized carbons (Fsp3) is 0.312. The number of hydrogen-bond acceptors (Lipinski definition) is 4. The number of rotatable bonds is 5. The number of carbonyl (C=O) groups is 1. The van der Waals surface area contributed by atoms with E-state index in [1.54, 1.807) is 24.1 Å². The first-order chi connectivity index (χ1) is 11.6. The standard InChI is InChI=1S/C16H17BrN4O2S/c1-3-21-13(6-7-18-21)15(22)19-16-20(8-9-23-2)12-5-4-11(17)10-14(12)24-16/h4-7,10H,3,8-9H2,1-2H3. The smallest absolute Gasteiger partial charge is 0.297 e.